The summed E-state index contributed by atoms with van der Waals surface area (Å²) in [5.74, 6) is -2.35. The van der Waals surface area contributed by atoms with Gasteiger partial charge in [-0.2, -0.15) is 5.10 Å². The summed E-state index contributed by atoms with van der Waals surface area (Å²) in [7, 11) is 0. The Morgan fingerprint density at radius 1 is 1.32 bits per heavy atom. The zero-order valence-corrected chi connectivity index (χ0v) is 15.9. The Morgan fingerprint density at radius 2 is 2.07 bits per heavy atom. The minimum atomic E-state index is -1.22. The lowest BCUT2D eigenvalue weighted by molar-refractivity contribution is -0.384. The normalized spacial score (nSPS) is 15.5. The minimum Gasteiger partial charge on any atom is -0.481 e. The summed E-state index contributed by atoms with van der Waals surface area (Å²) in [4.78, 5) is 34.2. The monoisotopic (exact) mass is 447 g/mol. The van der Waals surface area contributed by atoms with E-state index in [-0.39, 0.29) is 23.5 Å². The van der Waals surface area contributed by atoms with E-state index < -0.39 is 29.2 Å². The molecule has 10 heteroatoms. The molecular formula is C18H14BrN3O6. The van der Waals surface area contributed by atoms with E-state index in [0.717, 1.165) is 22.3 Å². The van der Waals surface area contributed by atoms with Gasteiger partial charge in [0, 0.05) is 22.8 Å². The maximum atomic E-state index is 13.0. The van der Waals surface area contributed by atoms with Crippen molar-refractivity contribution in [1.82, 2.24) is 0 Å². The van der Waals surface area contributed by atoms with Gasteiger partial charge in [0.2, 0.25) is 0 Å². The van der Waals surface area contributed by atoms with Gasteiger partial charge in [0.15, 0.2) is 12.4 Å². The molecule has 0 spiro atoms. The Labute approximate surface area is 167 Å². The maximum Gasteiger partial charge on any atom is 0.341 e. The number of benzene rings is 2. The lowest BCUT2D eigenvalue weighted by Gasteiger charge is -2.17. The predicted octanol–water partition coefficient (Wildman–Crippen LogP) is 3.13. The van der Waals surface area contributed by atoms with Crippen molar-refractivity contribution in [1.29, 1.82) is 0 Å². The molecule has 0 radical (unpaired) electrons. The van der Waals surface area contributed by atoms with Crippen molar-refractivity contribution in [2.75, 3.05) is 18.2 Å². The Bertz CT molecular complexity index is 978. The van der Waals surface area contributed by atoms with Gasteiger partial charge in [0.25, 0.3) is 5.69 Å². The van der Waals surface area contributed by atoms with Crippen LogP contribution in [0, 0.1) is 16.0 Å². The second-order valence-corrected chi connectivity index (χ2v) is 6.74. The first-order valence-electron chi connectivity index (χ1n) is 8.10. The van der Waals surface area contributed by atoms with Gasteiger partial charge in [-0.25, -0.2) is 4.79 Å². The first-order valence-corrected chi connectivity index (χ1v) is 8.89. The molecule has 0 fully saturated rings. The third-order valence-electron chi connectivity index (χ3n) is 4.01. The summed E-state index contributed by atoms with van der Waals surface area (Å²) < 4.78 is 5.94. The molecule has 1 aliphatic rings. The third-order valence-corrected chi connectivity index (χ3v) is 4.68. The minimum absolute atomic E-state index is 0.0225. The lowest BCUT2D eigenvalue weighted by Crippen LogP contribution is -2.25. The van der Waals surface area contributed by atoms with Crippen LogP contribution >= 0.6 is 15.9 Å². The van der Waals surface area contributed by atoms with Crippen molar-refractivity contribution in [2.45, 2.75) is 0 Å². The van der Waals surface area contributed by atoms with Crippen LogP contribution in [0.25, 0.3) is 0 Å². The van der Waals surface area contributed by atoms with E-state index in [0.29, 0.717) is 0 Å². The van der Waals surface area contributed by atoms with Gasteiger partial charge >= 0.3 is 5.97 Å². The Hall–Kier alpha value is -3.27. The van der Waals surface area contributed by atoms with E-state index in [1.54, 1.807) is 5.01 Å². The first kappa shape index (κ1) is 19.5. The predicted molar refractivity (Wildman–Crippen MR) is 104 cm³/mol. The molecule has 28 heavy (non-hydrogen) atoms. The van der Waals surface area contributed by atoms with Crippen LogP contribution in [-0.2, 0) is 4.79 Å². The molecule has 0 amide bonds. The fraction of sp³-hybridized carbons (Fsp3) is 0.167. The second kappa shape index (κ2) is 8.17. The van der Waals surface area contributed by atoms with Crippen molar-refractivity contribution in [3.63, 3.8) is 0 Å². The number of carbonyl (C=O) groups is 2. The standard InChI is InChI=1S/C18H14BrN3O6/c19-14-3-1-2-4-15(14)21-9-11(8-20-21)18(25)13-7-12(22(26)27)5-6-16(13)28-10-17(23)24/h1-8,11H,9-10H2,(H,23,24). The fourth-order valence-corrected chi connectivity index (χ4v) is 3.19. The number of hydrogen-bond acceptors (Lipinski definition) is 7. The number of nitro groups is 1. The van der Waals surface area contributed by atoms with Gasteiger partial charge in [0.1, 0.15) is 5.75 Å². The Balaban J connectivity index is 1.86. The molecule has 9 nitrogen and oxygen atoms in total. The van der Waals surface area contributed by atoms with E-state index in [4.69, 9.17) is 9.84 Å². The average molecular weight is 448 g/mol. The largest absolute Gasteiger partial charge is 0.481 e. The van der Waals surface area contributed by atoms with E-state index in [2.05, 4.69) is 21.0 Å². The maximum absolute atomic E-state index is 13.0. The summed E-state index contributed by atoms with van der Waals surface area (Å²) in [5, 5.41) is 25.7. The zero-order chi connectivity index (χ0) is 20.3. The van der Waals surface area contributed by atoms with E-state index in [1.165, 1.54) is 12.3 Å². The van der Waals surface area contributed by atoms with Crippen molar-refractivity contribution in [3.05, 3.63) is 62.6 Å². The van der Waals surface area contributed by atoms with Crippen LogP contribution in [-0.4, -0.2) is 41.1 Å². The number of carboxylic acids is 1. The highest BCUT2D eigenvalue weighted by molar-refractivity contribution is 9.10. The van der Waals surface area contributed by atoms with Crippen LogP contribution in [0.1, 0.15) is 10.4 Å². The second-order valence-electron chi connectivity index (χ2n) is 5.89. The van der Waals surface area contributed by atoms with E-state index in [1.807, 2.05) is 24.3 Å². The number of ketones is 1. The Morgan fingerprint density at radius 3 is 2.75 bits per heavy atom. The third kappa shape index (κ3) is 4.17. The summed E-state index contributed by atoms with van der Waals surface area (Å²) >= 11 is 3.43. The van der Waals surface area contributed by atoms with Gasteiger partial charge < -0.3 is 9.84 Å². The number of nitro benzene ring substituents is 1. The molecule has 0 aromatic heterocycles. The molecule has 2 aromatic carbocycles. The summed E-state index contributed by atoms with van der Waals surface area (Å²) in [6, 6.07) is 10.8. The summed E-state index contributed by atoms with van der Waals surface area (Å²) in [6.45, 7) is -0.428. The number of hydrazone groups is 1. The van der Waals surface area contributed by atoms with Gasteiger partial charge in [-0.3, -0.25) is 19.9 Å². The highest BCUT2D eigenvalue weighted by Crippen LogP contribution is 2.31. The van der Waals surface area contributed by atoms with Gasteiger partial charge in [-0.05, 0) is 34.1 Å². The van der Waals surface area contributed by atoms with Gasteiger partial charge in [-0.1, -0.05) is 12.1 Å². The van der Waals surface area contributed by atoms with Crippen molar-refractivity contribution < 1.29 is 24.4 Å². The van der Waals surface area contributed by atoms with E-state index in [9.17, 15) is 19.7 Å². The number of carbonyl (C=O) groups excluding carboxylic acids is 1. The molecule has 3 rings (SSSR count). The highest BCUT2D eigenvalue weighted by atomic mass is 79.9. The number of para-hydroxylation sites is 1. The fourth-order valence-electron chi connectivity index (χ4n) is 2.70. The number of carboxylic acid groups (broad SMARTS) is 1. The van der Waals surface area contributed by atoms with Crippen LogP contribution < -0.4 is 9.75 Å². The topological polar surface area (TPSA) is 122 Å². The number of anilines is 1. The molecule has 0 saturated carbocycles. The molecule has 0 aliphatic carbocycles. The molecule has 0 bridgehead atoms. The van der Waals surface area contributed by atoms with Crippen LogP contribution in [0.4, 0.5) is 11.4 Å². The van der Waals surface area contributed by atoms with Crippen molar-refractivity contribution in [3.8, 4) is 5.75 Å². The molecule has 144 valence electrons. The summed E-state index contributed by atoms with van der Waals surface area (Å²) in [6.07, 6.45) is 1.46. The smallest absolute Gasteiger partial charge is 0.341 e. The lowest BCUT2D eigenvalue weighted by atomic mass is 9.97. The number of hydrogen-bond donors (Lipinski definition) is 1. The molecule has 1 heterocycles. The average Bonchev–Trinajstić information content (AvgIpc) is 3.15. The molecule has 2 aromatic rings. The quantitative estimate of drug-likeness (QED) is 0.392. The Kier molecular flexibility index (Phi) is 5.69. The van der Waals surface area contributed by atoms with Crippen LogP contribution in [0.3, 0.4) is 0 Å². The number of rotatable bonds is 7. The summed E-state index contributed by atoms with van der Waals surface area (Å²) in [5.41, 5.74) is 0.431. The number of aliphatic carboxylic acids is 1. The molecule has 1 atom stereocenters. The number of ether oxygens (including phenoxy) is 1. The highest BCUT2D eigenvalue weighted by Gasteiger charge is 2.30. The van der Waals surface area contributed by atoms with Crippen LogP contribution in [0.15, 0.2) is 52.0 Å². The number of halogens is 1. The van der Waals surface area contributed by atoms with Gasteiger partial charge in [0.05, 0.1) is 28.6 Å². The SMILES string of the molecule is O=C(O)COc1ccc([N+](=O)[O-])cc1C(=O)C1C=NN(c2ccccc2Br)C1. The first-order chi connectivity index (χ1) is 13.4. The molecule has 0 saturated heterocycles. The number of non-ortho nitro benzene ring substituents is 1. The number of nitrogens with zero attached hydrogens (tertiary/aromatic N) is 3. The molecular weight excluding hydrogens is 434 g/mol. The molecule has 1 N–H and O–H groups in total. The van der Waals surface area contributed by atoms with Crippen molar-refractivity contribution >= 4 is 45.3 Å². The number of Topliss-reactive ketones (excluding diaryl/α,β-unsaturated/α-hetero) is 1. The van der Waals surface area contributed by atoms with E-state index >= 15 is 0 Å². The van der Waals surface area contributed by atoms with Crippen LogP contribution in [0.2, 0.25) is 0 Å². The molecule has 1 aliphatic heterocycles. The van der Waals surface area contributed by atoms with Crippen molar-refractivity contribution in [2.24, 2.45) is 11.0 Å². The van der Waals surface area contributed by atoms with Gasteiger partial charge in [-0.15, -0.1) is 0 Å². The zero-order valence-electron chi connectivity index (χ0n) is 14.3. The molecule has 1 unspecified atom stereocenters. The van der Waals surface area contributed by atoms with Crippen LogP contribution in [0.5, 0.6) is 5.75 Å².